The minimum Gasteiger partial charge on any atom is -0.341 e. The van der Waals surface area contributed by atoms with E-state index in [2.05, 4.69) is 4.98 Å². The molecule has 2 aromatic rings. The summed E-state index contributed by atoms with van der Waals surface area (Å²) >= 11 is 1.50. The van der Waals surface area contributed by atoms with Crippen LogP contribution in [-0.4, -0.2) is 33.4 Å². The van der Waals surface area contributed by atoms with Gasteiger partial charge in [-0.05, 0) is 25.8 Å². The number of nitrogens with zero attached hydrogens (tertiary/aromatic N) is 3. The van der Waals surface area contributed by atoms with Gasteiger partial charge in [0.05, 0.1) is 11.7 Å². The van der Waals surface area contributed by atoms with Gasteiger partial charge in [0.2, 0.25) is 5.91 Å². The average molecular weight is 307 g/mol. The van der Waals surface area contributed by atoms with Gasteiger partial charge in [-0.15, -0.1) is 11.3 Å². The van der Waals surface area contributed by atoms with E-state index in [1.54, 1.807) is 0 Å². The average Bonchev–Trinajstić information content (AvgIpc) is 2.83. The van der Waals surface area contributed by atoms with E-state index in [1.165, 1.54) is 22.2 Å². The lowest BCUT2D eigenvalue weighted by atomic mass is 10.3. The van der Waals surface area contributed by atoms with E-state index < -0.39 is 0 Å². The Hall–Kier alpha value is -1.69. The lowest BCUT2D eigenvalue weighted by molar-refractivity contribution is -0.132. The van der Waals surface area contributed by atoms with Crippen LogP contribution in [0, 0.1) is 6.92 Å². The van der Waals surface area contributed by atoms with Crippen LogP contribution in [0.2, 0.25) is 0 Å². The van der Waals surface area contributed by atoms with Crippen LogP contribution in [0.3, 0.4) is 0 Å². The van der Waals surface area contributed by atoms with Crippen molar-refractivity contribution in [3.8, 4) is 0 Å². The molecular weight excluding hydrogens is 286 g/mol. The smallest absolute Gasteiger partial charge is 0.262 e. The van der Waals surface area contributed by atoms with Crippen LogP contribution in [0.25, 0.3) is 10.2 Å². The predicted octanol–water partition coefficient (Wildman–Crippen LogP) is 2.42. The quantitative estimate of drug-likeness (QED) is 0.823. The molecule has 114 valence electrons. The van der Waals surface area contributed by atoms with Gasteiger partial charge >= 0.3 is 0 Å². The molecule has 0 spiro atoms. The fraction of sp³-hybridized carbons (Fsp3) is 0.533. The van der Waals surface area contributed by atoms with Gasteiger partial charge in [0, 0.05) is 18.0 Å². The third-order valence-corrected chi connectivity index (χ3v) is 4.25. The molecule has 0 saturated heterocycles. The van der Waals surface area contributed by atoms with Gasteiger partial charge in [-0.1, -0.05) is 13.8 Å². The van der Waals surface area contributed by atoms with Crippen molar-refractivity contribution in [2.75, 3.05) is 13.1 Å². The van der Waals surface area contributed by atoms with E-state index in [1.807, 2.05) is 31.7 Å². The van der Waals surface area contributed by atoms with Crippen molar-refractivity contribution < 1.29 is 4.79 Å². The summed E-state index contributed by atoms with van der Waals surface area (Å²) < 4.78 is 1.41. The first-order chi connectivity index (χ1) is 10.1. The Balaban J connectivity index is 2.24. The van der Waals surface area contributed by atoms with E-state index in [4.69, 9.17) is 0 Å². The van der Waals surface area contributed by atoms with Gasteiger partial charge < -0.3 is 4.90 Å². The highest BCUT2D eigenvalue weighted by Gasteiger charge is 2.14. The molecule has 2 heterocycles. The van der Waals surface area contributed by atoms with Crippen LogP contribution in [-0.2, 0) is 11.3 Å². The number of hydrogen-bond acceptors (Lipinski definition) is 4. The van der Waals surface area contributed by atoms with E-state index in [0.29, 0.717) is 5.39 Å². The number of thiophene rings is 1. The van der Waals surface area contributed by atoms with Crippen LogP contribution < -0.4 is 5.56 Å². The van der Waals surface area contributed by atoms with Gasteiger partial charge in [-0.25, -0.2) is 4.98 Å². The van der Waals surface area contributed by atoms with Crippen molar-refractivity contribution in [2.45, 2.75) is 40.2 Å². The molecule has 0 aliphatic carbocycles. The van der Waals surface area contributed by atoms with Crippen LogP contribution >= 0.6 is 11.3 Å². The van der Waals surface area contributed by atoms with Crippen molar-refractivity contribution in [1.82, 2.24) is 14.5 Å². The molecule has 0 aliphatic heterocycles. The molecule has 0 N–H and O–H groups in total. The molecule has 0 bridgehead atoms. The monoisotopic (exact) mass is 307 g/mol. The SMILES string of the molecule is CCCN(CCC)C(=O)Cn1cnc2sc(C)cc2c1=O. The van der Waals surface area contributed by atoms with E-state index >= 15 is 0 Å². The number of aromatic nitrogens is 2. The lowest BCUT2D eigenvalue weighted by Crippen LogP contribution is -2.37. The van der Waals surface area contributed by atoms with Crippen molar-refractivity contribution in [3.63, 3.8) is 0 Å². The summed E-state index contributed by atoms with van der Waals surface area (Å²) in [4.78, 5) is 32.6. The van der Waals surface area contributed by atoms with Gasteiger partial charge in [0.25, 0.3) is 5.56 Å². The topological polar surface area (TPSA) is 55.2 Å². The first-order valence-corrected chi connectivity index (χ1v) is 8.11. The second-order valence-corrected chi connectivity index (χ2v) is 6.37. The molecule has 2 aromatic heterocycles. The molecule has 21 heavy (non-hydrogen) atoms. The molecular formula is C15H21N3O2S. The molecule has 1 amide bonds. The highest BCUT2D eigenvalue weighted by molar-refractivity contribution is 7.18. The maximum absolute atomic E-state index is 12.4. The van der Waals surface area contributed by atoms with Crippen LogP contribution in [0.5, 0.6) is 0 Å². The summed E-state index contributed by atoms with van der Waals surface area (Å²) in [7, 11) is 0. The number of carbonyl (C=O) groups excluding carboxylic acids is 1. The van der Waals surface area contributed by atoms with Crippen molar-refractivity contribution in [1.29, 1.82) is 0 Å². The summed E-state index contributed by atoms with van der Waals surface area (Å²) in [5, 5.41) is 0.602. The summed E-state index contributed by atoms with van der Waals surface area (Å²) in [6, 6.07) is 1.84. The van der Waals surface area contributed by atoms with Gasteiger partial charge in [-0.3, -0.25) is 14.2 Å². The van der Waals surface area contributed by atoms with Gasteiger partial charge in [-0.2, -0.15) is 0 Å². The first kappa shape index (κ1) is 15.7. The number of rotatable bonds is 6. The zero-order valence-electron chi connectivity index (χ0n) is 12.8. The molecule has 0 aromatic carbocycles. The number of hydrogen-bond donors (Lipinski definition) is 0. The Kier molecular flexibility index (Phi) is 5.12. The maximum Gasteiger partial charge on any atom is 0.262 e. The van der Waals surface area contributed by atoms with Crippen LogP contribution in [0.15, 0.2) is 17.2 Å². The Morgan fingerprint density at radius 2 is 2.00 bits per heavy atom. The van der Waals surface area contributed by atoms with Gasteiger partial charge in [0.15, 0.2) is 0 Å². The first-order valence-electron chi connectivity index (χ1n) is 7.30. The number of carbonyl (C=O) groups is 1. The molecule has 0 aliphatic rings. The Morgan fingerprint density at radius 1 is 1.33 bits per heavy atom. The second-order valence-electron chi connectivity index (χ2n) is 5.13. The Morgan fingerprint density at radius 3 is 2.62 bits per heavy atom. The standard InChI is InChI=1S/C15H21N3O2S/c1-4-6-17(7-5-2)13(19)9-18-10-16-14-12(15(18)20)8-11(3)21-14/h8,10H,4-7,9H2,1-3H3. The minimum atomic E-state index is -0.134. The van der Waals surface area contributed by atoms with E-state index in [-0.39, 0.29) is 18.0 Å². The molecule has 0 fully saturated rings. The fourth-order valence-electron chi connectivity index (χ4n) is 2.34. The number of aryl methyl sites for hydroxylation is 1. The Labute approximate surface area is 128 Å². The van der Waals surface area contributed by atoms with E-state index in [0.717, 1.165) is 35.6 Å². The molecule has 0 radical (unpaired) electrons. The summed E-state index contributed by atoms with van der Waals surface area (Å²) in [5.41, 5.74) is -0.134. The molecule has 0 atom stereocenters. The summed E-state index contributed by atoms with van der Waals surface area (Å²) in [6.45, 7) is 7.57. The highest BCUT2D eigenvalue weighted by atomic mass is 32.1. The molecule has 0 unspecified atom stereocenters. The maximum atomic E-state index is 12.4. The van der Waals surface area contributed by atoms with Crippen molar-refractivity contribution in [3.05, 3.63) is 27.6 Å². The molecule has 6 heteroatoms. The number of amides is 1. The van der Waals surface area contributed by atoms with E-state index in [9.17, 15) is 9.59 Å². The second kappa shape index (κ2) is 6.85. The summed E-state index contributed by atoms with van der Waals surface area (Å²) in [5.74, 6) is -0.0195. The predicted molar refractivity (Wildman–Crippen MR) is 85.8 cm³/mol. The highest BCUT2D eigenvalue weighted by Crippen LogP contribution is 2.19. The minimum absolute atomic E-state index is 0.0195. The third kappa shape index (κ3) is 3.50. The molecule has 2 rings (SSSR count). The third-order valence-electron chi connectivity index (χ3n) is 3.29. The normalized spacial score (nSPS) is 11.0. The van der Waals surface area contributed by atoms with Crippen LogP contribution in [0.1, 0.15) is 31.6 Å². The lowest BCUT2D eigenvalue weighted by Gasteiger charge is -2.21. The molecule has 5 nitrogen and oxygen atoms in total. The van der Waals surface area contributed by atoms with Crippen LogP contribution in [0.4, 0.5) is 0 Å². The Bertz CT molecular complexity index is 684. The largest absolute Gasteiger partial charge is 0.341 e. The number of fused-ring (bicyclic) bond motifs is 1. The fourth-order valence-corrected chi connectivity index (χ4v) is 3.18. The zero-order valence-corrected chi connectivity index (χ0v) is 13.6. The zero-order chi connectivity index (χ0) is 15.4. The van der Waals surface area contributed by atoms with Crippen molar-refractivity contribution in [2.24, 2.45) is 0 Å². The van der Waals surface area contributed by atoms with Gasteiger partial charge in [0.1, 0.15) is 11.4 Å². The molecule has 0 saturated carbocycles. The summed E-state index contributed by atoms with van der Waals surface area (Å²) in [6.07, 6.45) is 3.32. The van der Waals surface area contributed by atoms with Crippen molar-refractivity contribution >= 4 is 27.5 Å².